The van der Waals surface area contributed by atoms with Gasteiger partial charge in [-0.05, 0) is 43.5 Å². The molecule has 7 heteroatoms. The molecule has 1 aromatic rings. The molecule has 0 saturated carbocycles. The Kier molecular flexibility index (Phi) is 7.20. The lowest BCUT2D eigenvalue weighted by atomic mass is 10.0. The fourth-order valence-electron chi connectivity index (χ4n) is 3.08. The van der Waals surface area contributed by atoms with Gasteiger partial charge in [0.05, 0.1) is 4.90 Å². The Morgan fingerprint density at radius 3 is 2.19 bits per heavy atom. The third kappa shape index (κ3) is 5.53. The van der Waals surface area contributed by atoms with Crippen molar-refractivity contribution in [3.8, 4) is 0 Å². The number of piperazine rings is 1. The summed E-state index contributed by atoms with van der Waals surface area (Å²) >= 11 is 0. The molecule has 2 rings (SSSR count). The van der Waals surface area contributed by atoms with Crippen LogP contribution in [0.2, 0.25) is 0 Å². The zero-order chi connectivity index (χ0) is 19.3. The van der Waals surface area contributed by atoms with Crippen LogP contribution in [0.5, 0.6) is 0 Å². The Labute approximate surface area is 157 Å². The molecule has 1 aliphatic rings. The van der Waals surface area contributed by atoms with Gasteiger partial charge in [-0.3, -0.25) is 4.79 Å². The van der Waals surface area contributed by atoms with Gasteiger partial charge >= 0.3 is 0 Å². The minimum atomic E-state index is -3.73. The van der Waals surface area contributed by atoms with Gasteiger partial charge in [-0.2, -0.15) is 4.72 Å². The number of sulfonamides is 1. The van der Waals surface area contributed by atoms with E-state index in [4.69, 9.17) is 0 Å². The van der Waals surface area contributed by atoms with Crippen LogP contribution in [0.3, 0.4) is 0 Å². The van der Waals surface area contributed by atoms with Gasteiger partial charge in [0, 0.05) is 26.2 Å². The van der Waals surface area contributed by atoms with Crippen molar-refractivity contribution < 1.29 is 13.2 Å². The van der Waals surface area contributed by atoms with Crippen LogP contribution in [0.15, 0.2) is 29.2 Å². The topological polar surface area (TPSA) is 69.7 Å². The molecule has 0 aromatic heterocycles. The zero-order valence-electron chi connectivity index (χ0n) is 16.2. The Morgan fingerprint density at radius 2 is 1.69 bits per heavy atom. The predicted octanol–water partition coefficient (Wildman–Crippen LogP) is 1.72. The van der Waals surface area contributed by atoms with E-state index in [0.29, 0.717) is 19.5 Å². The van der Waals surface area contributed by atoms with Gasteiger partial charge in [-0.1, -0.05) is 32.9 Å². The van der Waals surface area contributed by atoms with Crippen LogP contribution in [0.4, 0.5) is 0 Å². The van der Waals surface area contributed by atoms with Crippen molar-refractivity contribution in [2.45, 2.75) is 44.6 Å². The molecule has 1 aromatic carbocycles. The van der Waals surface area contributed by atoms with E-state index in [1.807, 2.05) is 40.0 Å². The number of benzene rings is 1. The highest BCUT2D eigenvalue weighted by Crippen LogP contribution is 2.16. The van der Waals surface area contributed by atoms with E-state index >= 15 is 0 Å². The van der Waals surface area contributed by atoms with Crippen molar-refractivity contribution in [1.29, 1.82) is 0 Å². The number of likely N-dealkylation sites (N-methyl/N-ethyl adjacent to an activating group) is 1. The van der Waals surface area contributed by atoms with E-state index in [2.05, 4.69) is 9.62 Å². The Hall–Kier alpha value is -1.44. The average molecular weight is 382 g/mol. The molecule has 0 spiro atoms. The number of hydrogen-bond acceptors (Lipinski definition) is 4. The molecule has 1 aliphatic heterocycles. The SMILES string of the molecule is CCc1ccc(S(=O)(=O)N[C@H](CC(C)C)C(=O)N2CCN(C)CC2)cc1. The number of nitrogens with one attached hydrogen (secondary N) is 1. The third-order valence-electron chi connectivity index (χ3n) is 4.76. The first-order valence-electron chi connectivity index (χ1n) is 9.31. The summed E-state index contributed by atoms with van der Waals surface area (Å²) in [7, 11) is -1.71. The number of amides is 1. The first-order valence-corrected chi connectivity index (χ1v) is 10.8. The molecule has 6 nitrogen and oxygen atoms in total. The molecular formula is C19H31N3O3S. The van der Waals surface area contributed by atoms with Crippen LogP contribution in [-0.2, 0) is 21.2 Å². The Bertz CT molecular complexity index is 693. The Morgan fingerprint density at radius 1 is 1.12 bits per heavy atom. The van der Waals surface area contributed by atoms with E-state index in [1.54, 1.807) is 17.0 Å². The molecule has 0 unspecified atom stereocenters. The van der Waals surface area contributed by atoms with Gasteiger partial charge < -0.3 is 9.80 Å². The van der Waals surface area contributed by atoms with Crippen LogP contribution >= 0.6 is 0 Å². The normalized spacial score (nSPS) is 17.5. The van der Waals surface area contributed by atoms with Gasteiger partial charge in [0.25, 0.3) is 0 Å². The summed E-state index contributed by atoms with van der Waals surface area (Å²) in [5, 5.41) is 0. The number of carbonyl (C=O) groups is 1. The molecule has 146 valence electrons. The van der Waals surface area contributed by atoms with E-state index in [9.17, 15) is 13.2 Å². The first-order chi connectivity index (χ1) is 12.2. The van der Waals surface area contributed by atoms with Gasteiger partial charge in [-0.25, -0.2) is 8.42 Å². The van der Waals surface area contributed by atoms with Crippen molar-refractivity contribution in [1.82, 2.24) is 14.5 Å². The van der Waals surface area contributed by atoms with Crippen molar-refractivity contribution in [3.05, 3.63) is 29.8 Å². The van der Waals surface area contributed by atoms with E-state index in [-0.39, 0.29) is 16.7 Å². The summed E-state index contributed by atoms with van der Waals surface area (Å²) in [6.45, 7) is 8.91. The number of aryl methyl sites for hydroxylation is 1. The molecule has 1 fully saturated rings. The second kappa shape index (κ2) is 8.97. The molecule has 1 N–H and O–H groups in total. The van der Waals surface area contributed by atoms with Crippen LogP contribution < -0.4 is 4.72 Å². The van der Waals surface area contributed by atoms with E-state index in [0.717, 1.165) is 25.1 Å². The maximum Gasteiger partial charge on any atom is 0.241 e. The first kappa shape index (κ1) is 20.9. The maximum absolute atomic E-state index is 12.9. The quantitative estimate of drug-likeness (QED) is 0.781. The Balaban J connectivity index is 2.16. The number of hydrogen-bond donors (Lipinski definition) is 1. The molecule has 1 heterocycles. The molecule has 1 saturated heterocycles. The summed E-state index contributed by atoms with van der Waals surface area (Å²) in [6, 6.07) is 6.11. The van der Waals surface area contributed by atoms with Crippen LogP contribution in [0.25, 0.3) is 0 Å². The zero-order valence-corrected chi connectivity index (χ0v) is 17.1. The van der Waals surface area contributed by atoms with Crippen molar-refractivity contribution in [3.63, 3.8) is 0 Å². The fourth-order valence-corrected chi connectivity index (χ4v) is 4.28. The molecule has 26 heavy (non-hydrogen) atoms. The summed E-state index contributed by atoms with van der Waals surface area (Å²) in [4.78, 5) is 17.1. The lowest BCUT2D eigenvalue weighted by molar-refractivity contribution is -0.135. The van der Waals surface area contributed by atoms with E-state index < -0.39 is 16.1 Å². The van der Waals surface area contributed by atoms with Gasteiger partial charge in [0.1, 0.15) is 6.04 Å². The molecule has 1 amide bonds. The monoisotopic (exact) mass is 381 g/mol. The van der Waals surface area contributed by atoms with Crippen LogP contribution in [-0.4, -0.2) is 63.4 Å². The summed E-state index contributed by atoms with van der Waals surface area (Å²) in [5.41, 5.74) is 1.08. The van der Waals surface area contributed by atoms with Crippen LogP contribution in [0, 0.1) is 5.92 Å². The van der Waals surface area contributed by atoms with Crippen LogP contribution in [0.1, 0.15) is 32.8 Å². The summed E-state index contributed by atoms with van der Waals surface area (Å²) in [5.74, 6) is 0.0853. The second-order valence-corrected chi connectivity index (χ2v) is 9.14. The molecule has 0 aliphatic carbocycles. The van der Waals surface area contributed by atoms with Crippen molar-refractivity contribution in [2.24, 2.45) is 5.92 Å². The number of nitrogens with zero attached hydrogens (tertiary/aromatic N) is 2. The third-order valence-corrected chi connectivity index (χ3v) is 6.25. The molecule has 0 radical (unpaired) electrons. The second-order valence-electron chi connectivity index (χ2n) is 7.43. The lowest BCUT2D eigenvalue weighted by Crippen LogP contribution is -2.54. The van der Waals surface area contributed by atoms with Crippen molar-refractivity contribution >= 4 is 15.9 Å². The highest BCUT2D eigenvalue weighted by atomic mass is 32.2. The van der Waals surface area contributed by atoms with E-state index in [1.165, 1.54) is 0 Å². The average Bonchev–Trinajstić information content (AvgIpc) is 2.60. The molecule has 0 bridgehead atoms. The maximum atomic E-state index is 12.9. The molecular weight excluding hydrogens is 350 g/mol. The van der Waals surface area contributed by atoms with Gasteiger partial charge in [0.2, 0.25) is 15.9 Å². The highest BCUT2D eigenvalue weighted by Gasteiger charge is 2.31. The smallest absolute Gasteiger partial charge is 0.241 e. The number of rotatable bonds is 7. The largest absolute Gasteiger partial charge is 0.339 e. The van der Waals surface area contributed by atoms with Gasteiger partial charge in [0.15, 0.2) is 0 Å². The minimum absolute atomic E-state index is 0.124. The summed E-state index contributed by atoms with van der Waals surface area (Å²) in [6.07, 6.45) is 1.34. The number of carbonyl (C=O) groups excluding carboxylic acids is 1. The summed E-state index contributed by atoms with van der Waals surface area (Å²) < 4.78 is 28.2. The van der Waals surface area contributed by atoms with Gasteiger partial charge in [-0.15, -0.1) is 0 Å². The highest BCUT2D eigenvalue weighted by molar-refractivity contribution is 7.89. The standard InChI is InChI=1S/C19H31N3O3S/c1-5-16-6-8-17(9-7-16)26(24,25)20-18(14-15(2)3)19(23)22-12-10-21(4)11-13-22/h6-9,15,18,20H,5,10-14H2,1-4H3/t18-/m1/s1. The minimum Gasteiger partial charge on any atom is -0.339 e. The fraction of sp³-hybridized carbons (Fsp3) is 0.632. The lowest BCUT2D eigenvalue weighted by Gasteiger charge is -2.35. The predicted molar refractivity (Wildman–Crippen MR) is 103 cm³/mol. The van der Waals surface area contributed by atoms with Crippen molar-refractivity contribution in [2.75, 3.05) is 33.2 Å². The molecule has 1 atom stereocenters.